The lowest BCUT2D eigenvalue weighted by molar-refractivity contribution is -0.142. The van der Waals surface area contributed by atoms with E-state index in [-0.39, 0.29) is 36.5 Å². The van der Waals surface area contributed by atoms with Crippen LogP contribution < -0.4 is 10.6 Å². The Labute approximate surface area is 197 Å². The molecule has 1 saturated carbocycles. The van der Waals surface area contributed by atoms with Crippen molar-refractivity contribution in [3.63, 3.8) is 0 Å². The molecule has 33 heavy (non-hydrogen) atoms. The normalized spacial score (nSPS) is 33.4. The van der Waals surface area contributed by atoms with Gasteiger partial charge < -0.3 is 25.4 Å². The number of aliphatic hydroxyl groups excluding tert-OH is 1. The minimum Gasteiger partial charge on any atom is -0.396 e. The molecule has 2 unspecified atom stereocenters. The number of nitrogens with one attached hydrogen (secondary N) is 2. The highest BCUT2D eigenvalue weighted by Crippen LogP contribution is 2.58. The molecule has 2 bridgehead atoms. The summed E-state index contributed by atoms with van der Waals surface area (Å²) in [4.78, 5) is 42.1. The number of carbonyl (C=O) groups is 3. The zero-order valence-electron chi connectivity index (χ0n) is 20.0. The minimum absolute atomic E-state index is 0.0974. The van der Waals surface area contributed by atoms with Gasteiger partial charge in [0, 0.05) is 25.7 Å². The molecule has 4 aliphatic rings. The summed E-state index contributed by atoms with van der Waals surface area (Å²) in [7, 11) is 0. The molecule has 0 aromatic rings. The van der Waals surface area contributed by atoms with Crippen LogP contribution in [0.1, 0.15) is 84.0 Å². The van der Waals surface area contributed by atoms with Gasteiger partial charge in [0.25, 0.3) is 0 Å². The molecule has 8 heteroatoms. The zero-order valence-corrected chi connectivity index (χ0v) is 20.0. The first-order valence-corrected chi connectivity index (χ1v) is 13.2. The van der Waals surface area contributed by atoms with E-state index in [1.165, 1.54) is 6.42 Å². The second-order valence-corrected chi connectivity index (χ2v) is 10.4. The summed E-state index contributed by atoms with van der Waals surface area (Å²) in [6.45, 7) is 3.24. The highest BCUT2D eigenvalue weighted by molar-refractivity contribution is 5.99. The lowest BCUT2D eigenvalue weighted by Gasteiger charge is -2.35. The topological polar surface area (TPSA) is 108 Å². The van der Waals surface area contributed by atoms with Crippen LogP contribution in [0, 0.1) is 11.8 Å². The van der Waals surface area contributed by atoms with Crippen LogP contribution >= 0.6 is 0 Å². The van der Waals surface area contributed by atoms with Crippen molar-refractivity contribution in [2.75, 3.05) is 19.7 Å². The average molecular weight is 464 g/mol. The lowest BCUT2D eigenvalue weighted by atomic mass is 9.70. The second kappa shape index (κ2) is 10.7. The maximum atomic E-state index is 13.7. The summed E-state index contributed by atoms with van der Waals surface area (Å²) in [6, 6.07) is -0.505. The number of hydrogen-bond donors (Lipinski definition) is 3. The number of aliphatic hydroxyl groups is 1. The molecule has 5 atom stereocenters. The molecule has 0 radical (unpaired) electrons. The SMILES string of the molecule is CCCNC(=O)[C@@H]1[C@H]2C(=O)N(CCCCCCO)C(C(=O)NC3CCCCC3)C23CC[C@H]1O3. The Balaban J connectivity index is 1.55. The number of ether oxygens (including phenoxy) is 1. The number of rotatable bonds is 11. The highest BCUT2D eigenvalue weighted by Gasteiger charge is 2.74. The van der Waals surface area contributed by atoms with E-state index >= 15 is 0 Å². The van der Waals surface area contributed by atoms with Crippen LogP contribution in [0.15, 0.2) is 0 Å². The predicted octanol–water partition coefficient (Wildman–Crippen LogP) is 1.89. The predicted molar refractivity (Wildman–Crippen MR) is 123 cm³/mol. The van der Waals surface area contributed by atoms with Crippen molar-refractivity contribution in [1.29, 1.82) is 0 Å². The second-order valence-electron chi connectivity index (χ2n) is 10.4. The van der Waals surface area contributed by atoms with Gasteiger partial charge in [0.15, 0.2) is 0 Å². The number of fused-ring (bicyclic) bond motifs is 1. The highest BCUT2D eigenvalue weighted by atomic mass is 16.5. The Morgan fingerprint density at radius 3 is 2.58 bits per heavy atom. The molecule has 0 aromatic heterocycles. The maximum absolute atomic E-state index is 13.7. The molecule has 4 rings (SSSR count). The largest absolute Gasteiger partial charge is 0.396 e. The first kappa shape index (κ1) is 24.5. The summed E-state index contributed by atoms with van der Waals surface area (Å²) in [5, 5.41) is 15.3. The molecule has 3 heterocycles. The van der Waals surface area contributed by atoms with Crippen LogP contribution in [-0.2, 0) is 19.1 Å². The quantitative estimate of drug-likeness (QED) is 0.406. The number of carbonyl (C=O) groups excluding carboxylic acids is 3. The van der Waals surface area contributed by atoms with Crippen molar-refractivity contribution in [3.8, 4) is 0 Å². The molecule has 0 aromatic carbocycles. The summed E-state index contributed by atoms with van der Waals surface area (Å²) in [5.74, 6) is -1.41. The molecule has 3 amide bonds. The first-order valence-electron chi connectivity index (χ1n) is 13.2. The number of likely N-dealkylation sites (tertiary alicyclic amines) is 1. The molecule has 8 nitrogen and oxygen atoms in total. The van der Waals surface area contributed by atoms with E-state index in [2.05, 4.69) is 10.6 Å². The van der Waals surface area contributed by atoms with Gasteiger partial charge in [-0.1, -0.05) is 39.0 Å². The lowest BCUT2D eigenvalue weighted by Crippen LogP contribution is -2.57. The van der Waals surface area contributed by atoms with Gasteiger partial charge in [0.1, 0.15) is 11.6 Å². The van der Waals surface area contributed by atoms with Gasteiger partial charge in [-0.05, 0) is 44.9 Å². The molecule has 1 aliphatic carbocycles. The van der Waals surface area contributed by atoms with Gasteiger partial charge in [-0.15, -0.1) is 0 Å². The summed E-state index contributed by atoms with van der Waals surface area (Å²) < 4.78 is 6.45. The molecule has 3 N–H and O–H groups in total. The fourth-order valence-electron chi connectivity index (χ4n) is 6.63. The Morgan fingerprint density at radius 1 is 1.09 bits per heavy atom. The van der Waals surface area contributed by atoms with E-state index in [0.717, 1.165) is 57.8 Å². The van der Waals surface area contributed by atoms with E-state index in [9.17, 15) is 14.4 Å². The number of hydrogen-bond acceptors (Lipinski definition) is 5. The third-order valence-corrected chi connectivity index (χ3v) is 8.16. The molecule has 3 saturated heterocycles. The monoisotopic (exact) mass is 463 g/mol. The Bertz CT molecular complexity index is 725. The zero-order chi connectivity index (χ0) is 23.4. The molecule has 1 spiro atoms. The van der Waals surface area contributed by atoms with Crippen LogP contribution in [0.3, 0.4) is 0 Å². The van der Waals surface area contributed by atoms with Crippen LogP contribution in [0.25, 0.3) is 0 Å². The van der Waals surface area contributed by atoms with Crippen molar-refractivity contribution in [2.45, 2.75) is 108 Å². The molecular formula is C25H41N3O5. The first-order chi connectivity index (χ1) is 16.0. The van der Waals surface area contributed by atoms with Gasteiger partial charge >= 0.3 is 0 Å². The summed E-state index contributed by atoms with van der Waals surface area (Å²) >= 11 is 0. The Morgan fingerprint density at radius 2 is 1.85 bits per heavy atom. The van der Waals surface area contributed by atoms with E-state index in [1.54, 1.807) is 4.90 Å². The summed E-state index contributed by atoms with van der Waals surface area (Å²) in [6.07, 6.45) is 10.6. The Kier molecular flexibility index (Phi) is 7.95. The number of nitrogens with zero attached hydrogens (tertiary/aromatic N) is 1. The fraction of sp³-hybridized carbons (Fsp3) is 0.880. The van der Waals surface area contributed by atoms with E-state index < -0.39 is 23.5 Å². The number of amides is 3. The van der Waals surface area contributed by atoms with Crippen molar-refractivity contribution >= 4 is 17.7 Å². The minimum atomic E-state index is -0.889. The average Bonchev–Trinajstić information content (AvgIpc) is 3.45. The molecule has 186 valence electrons. The van der Waals surface area contributed by atoms with Gasteiger partial charge in [-0.25, -0.2) is 0 Å². The van der Waals surface area contributed by atoms with Crippen molar-refractivity contribution in [2.24, 2.45) is 11.8 Å². The third-order valence-electron chi connectivity index (χ3n) is 8.16. The molecular weight excluding hydrogens is 422 g/mol. The maximum Gasteiger partial charge on any atom is 0.246 e. The summed E-state index contributed by atoms with van der Waals surface area (Å²) in [5.41, 5.74) is -0.889. The smallest absolute Gasteiger partial charge is 0.246 e. The van der Waals surface area contributed by atoms with Crippen LogP contribution in [0.4, 0.5) is 0 Å². The van der Waals surface area contributed by atoms with Gasteiger partial charge in [0.05, 0.1) is 17.9 Å². The third kappa shape index (κ3) is 4.65. The Hall–Kier alpha value is -1.67. The van der Waals surface area contributed by atoms with Crippen molar-refractivity contribution in [3.05, 3.63) is 0 Å². The van der Waals surface area contributed by atoms with E-state index in [0.29, 0.717) is 25.9 Å². The van der Waals surface area contributed by atoms with Gasteiger partial charge in [-0.3, -0.25) is 14.4 Å². The van der Waals surface area contributed by atoms with Crippen LogP contribution in [0.2, 0.25) is 0 Å². The number of unbranched alkanes of at least 4 members (excludes halogenated alkanes) is 3. The van der Waals surface area contributed by atoms with E-state index in [1.807, 2.05) is 6.92 Å². The van der Waals surface area contributed by atoms with Gasteiger partial charge in [-0.2, -0.15) is 0 Å². The molecule has 3 aliphatic heterocycles. The van der Waals surface area contributed by atoms with Crippen molar-refractivity contribution in [1.82, 2.24) is 15.5 Å². The van der Waals surface area contributed by atoms with E-state index in [4.69, 9.17) is 9.84 Å². The standard InChI is InChI=1S/C25H41N3O5/c1-2-14-26-22(30)19-18-12-13-25(33-18)20(19)24(32)28(15-8-3-4-9-16-29)21(25)23(31)27-17-10-6-5-7-11-17/h17-21,29H,2-16H2,1H3,(H,26,30)(H,27,31)/t18-,19+,20+,21?,25?/m1/s1. The van der Waals surface area contributed by atoms with Gasteiger partial charge in [0.2, 0.25) is 17.7 Å². The van der Waals surface area contributed by atoms with Crippen LogP contribution in [-0.4, -0.2) is 71.2 Å². The molecule has 4 fully saturated rings. The fourth-order valence-corrected chi connectivity index (χ4v) is 6.63. The van der Waals surface area contributed by atoms with Crippen molar-refractivity contribution < 1.29 is 24.2 Å². The van der Waals surface area contributed by atoms with Crippen LogP contribution in [0.5, 0.6) is 0 Å².